The molecule has 1 aromatic heterocycles. The molecule has 1 atom stereocenters. The second kappa shape index (κ2) is 5.19. The predicted molar refractivity (Wildman–Crippen MR) is 70.1 cm³/mol. The number of fused-ring (bicyclic) bond motifs is 1. The Balaban J connectivity index is 1.81. The Morgan fingerprint density at radius 1 is 1.42 bits per heavy atom. The summed E-state index contributed by atoms with van der Waals surface area (Å²) in [6.45, 7) is 1.15. The Morgan fingerprint density at radius 2 is 2.21 bits per heavy atom. The van der Waals surface area contributed by atoms with Gasteiger partial charge in [0.25, 0.3) is 0 Å². The largest absolute Gasteiger partial charge is 0.497 e. The molecule has 0 saturated heterocycles. The molecule has 5 nitrogen and oxygen atoms in total. The van der Waals surface area contributed by atoms with E-state index in [1.54, 1.807) is 7.11 Å². The highest BCUT2D eigenvalue weighted by Crippen LogP contribution is 2.28. The van der Waals surface area contributed by atoms with Crippen LogP contribution in [0.3, 0.4) is 0 Å². The van der Waals surface area contributed by atoms with Gasteiger partial charge in [-0.05, 0) is 17.7 Å². The highest BCUT2D eigenvalue weighted by molar-refractivity contribution is 6.16. The summed E-state index contributed by atoms with van der Waals surface area (Å²) in [4.78, 5) is 0. The zero-order valence-electron chi connectivity index (χ0n) is 10.5. The third-order valence-electron chi connectivity index (χ3n) is 3.29. The number of hydrogen-bond donors (Lipinski definition) is 0. The van der Waals surface area contributed by atoms with Gasteiger partial charge in [-0.1, -0.05) is 17.3 Å². The van der Waals surface area contributed by atoms with Gasteiger partial charge in [-0.3, -0.25) is 0 Å². The topological polar surface area (TPSA) is 49.2 Å². The molecular weight excluding hydrogens is 266 g/mol. The highest BCUT2D eigenvalue weighted by Gasteiger charge is 2.24. The summed E-state index contributed by atoms with van der Waals surface area (Å²) >= 11 is 5.81. The van der Waals surface area contributed by atoms with Crippen LogP contribution in [0.15, 0.2) is 24.3 Å². The molecule has 0 bridgehead atoms. The van der Waals surface area contributed by atoms with Crippen LogP contribution < -0.4 is 4.74 Å². The van der Waals surface area contributed by atoms with Crippen molar-refractivity contribution in [2.24, 2.45) is 0 Å². The van der Waals surface area contributed by atoms with Crippen molar-refractivity contribution in [1.82, 2.24) is 15.0 Å². The minimum absolute atomic E-state index is 0.0109. The number of benzene rings is 1. The molecule has 2 aromatic rings. The fourth-order valence-electron chi connectivity index (χ4n) is 2.19. The van der Waals surface area contributed by atoms with E-state index in [1.165, 1.54) is 0 Å². The quantitative estimate of drug-likeness (QED) is 0.809. The molecule has 0 spiro atoms. The number of ether oxygens (including phenoxy) is 2. The van der Waals surface area contributed by atoms with Crippen molar-refractivity contribution in [1.29, 1.82) is 0 Å². The molecule has 19 heavy (non-hydrogen) atoms. The number of aromatic nitrogens is 3. The monoisotopic (exact) mass is 279 g/mol. The lowest BCUT2D eigenvalue weighted by Crippen LogP contribution is -2.22. The van der Waals surface area contributed by atoms with Crippen molar-refractivity contribution in [2.45, 2.75) is 25.1 Å². The van der Waals surface area contributed by atoms with Crippen molar-refractivity contribution in [3.05, 3.63) is 41.2 Å². The second-order valence-electron chi connectivity index (χ2n) is 4.37. The first kappa shape index (κ1) is 12.4. The van der Waals surface area contributed by atoms with Crippen LogP contribution in [0.4, 0.5) is 0 Å². The second-order valence-corrected chi connectivity index (χ2v) is 4.64. The van der Waals surface area contributed by atoms with Crippen LogP contribution in [0.25, 0.3) is 0 Å². The molecule has 2 heterocycles. The molecule has 0 N–H and O–H groups in total. The summed E-state index contributed by atoms with van der Waals surface area (Å²) in [5.41, 5.74) is 2.88. The van der Waals surface area contributed by atoms with Gasteiger partial charge in [-0.25, -0.2) is 4.68 Å². The number of methoxy groups -OCH3 is 1. The molecule has 100 valence electrons. The number of rotatable bonds is 3. The minimum atomic E-state index is -0.0109. The Labute approximate surface area is 116 Å². The van der Waals surface area contributed by atoms with Gasteiger partial charge in [-0.15, -0.1) is 16.7 Å². The van der Waals surface area contributed by atoms with Crippen LogP contribution >= 0.6 is 11.6 Å². The highest BCUT2D eigenvalue weighted by atomic mass is 35.5. The number of alkyl halides is 1. The summed E-state index contributed by atoms with van der Waals surface area (Å²) < 4.78 is 12.9. The Kier molecular flexibility index (Phi) is 3.40. The van der Waals surface area contributed by atoms with Gasteiger partial charge in [0.1, 0.15) is 17.5 Å². The molecule has 1 unspecified atom stereocenters. The average Bonchev–Trinajstić information content (AvgIpc) is 2.89. The third kappa shape index (κ3) is 2.31. The third-order valence-corrected chi connectivity index (χ3v) is 3.55. The Hall–Kier alpha value is -1.59. The molecular formula is C13H14ClN3O2. The standard InChI is InChI=1S/C13H14ClN3O2/c1-18-10-4-2-9(3-5-10)13-7-17-12(8-19-13)11(6-14)15-16-17/h2-5,13H,6-8H2,1H3. The minimum Gasteiger partial charge on any atom is -0.497 e. The van der Waals surface area contributed by atoms with Gasteiger partial charge < -0.3 is 9.47 Å². The van der Waals surface area contributed by atoms with E-state index in [0.29, 0.717) is 19.0 Å². The number of halogens is 1. The lowest BCUT2D eigenvalue weighted by Gasteiger charge is -2.24. The van der Waals surface area contributed by atoms with Crippen molar-refractivity contribution in [2.75, 3.05) is 7.11 Å². The van der Waals surface area contributed by atoms with Crippen LogP contribution in [0.2, 0.25) is 0 Å². The van der Waals surface area contributed by atoms with Crippen molar-refractivity contribution in [3.63, 3.8) is 0 Å². The fraction of sp³-hybridized carbons (Fsp3) is 0.385. The summed E-state index contributed by atoms with van der Waals surface area (Å²) in [5.74, 6) is 1.21. The van der Waals surface area contributed by atoms with Crippen LogP contribution in [0, 0.1) is 0 Å². The van der Waals surface area contributed by atoms with E-state index in [-0.39, 0.29) is 6.10 Å². The smallest absolute Gasteiger partial charge is 0.118 e. The summed E-state index contributed by atoms with van der Waals surface area (Å²) in [5, 5.41) is 8.17. The van der Waals surface area contributed by atoms with E-state index >= 15 is 0 Å². The van der Waals surface area contributed by atoms with E-state index < -0.39 is 0 Å². The molecule has 1 aliphatic rings. The van der Waals surface area contributed by atoms with Crippen molar-refractivity contribution in [3.8, 4) is 5.75 Å². The van der Waals surface area contributed by atoms with E-state index in [1.807, 2.05) is 28.9 Å². The van der Waals surface area contributed by atoms with Gasteiger partial charge in [0.05, 0.1) is 31.8 Å². The van der Waals surface area contributed by atoms with Gasteiger partial charge in [-0.2, -0.15) is 0 Å². The number of nitrogens with zero attached hydrogens (tertiary/aromatic N) is 3. The molecule has 0 saturated carbocycles. The first-order chi connectivity index (χ1) is 9.31. The van der Waals surface area contributed by atoms with Gasteiger partial charge in [0, 0.05) is 0 Å². The van der Waals surface area contributed by atoms with Crippen LogP contribution in [-0.2, 0) is 23.8 Å². The van der Waals surface area contributed by atoms with Gasteiger partial charge in [0.15, 0.2) is 0 Å². The van der Waals surface area contributed by atoms with Crippen LogP contribution in [0.1, 0.15) is 23.1 Å². The van der Waals surface area contributed by atoms with Crippen molar-refractivity contribution < 1.29 is 9.47 Å². The Morgan fingerprint density at radius 3 is 2.89 bits per heavy atom. The maximum Gasteiger partial charge on any atom is 0.118 e. The lowest BCUT2D eigenvalue weighted by atomic mass is 10.1. The van der Waals surface area contributed by atoms with Crippen LogP contribution in [0.5, 0.6) is 5.75 Å². The van der Waals surface area contributed by atoms with E-state index in [2.05, 4.69) is 10.3 Å². The Bertz CT molecular complexity index is 568. The normalized spacial score (nSPS) is 18.1. The zero-order chi connectivity index (χ0) is 13.2. The van der Waals surface area contributed by atoms with Gasteiger partial charge in [0.2, 0.25) is 0 Å². The summed E-state index contributed by atoms with van der Waals surface area (Å²) in [7, 11) is 1.65. The summed E-state index contributed by atoms with van der Waals surface area (Å²) in [6, 6.07) is 7.88. The maximum absolute atomic E-state index is 5.86. The molecule has 6 heteroatoms. The SMILES string of the molecule is COc1ccc(C2Cn3nnc(CCl)c3CO2)cc1. The molecule has 3 rings (SSSR count). The summed E-state index contributed by atoms with van der Waals surface area (Å²) in [6.07, 6.45) is -0.0109. The predicted octanol–water partition coefficient (Wildman–Crippen LogP) is 2.30. The van der Waals surface area contributed by atoms with E-state index in [0.717, 1.165) is 22.7 Å². The van der Waals surface area contributed by atoms with Crippen molar-refractivity contribution >= 4 is 11.6 Å². The molecule has 0 aliphatic carbocycles. The number of hydrogen-bond acceptors (Lipinski definition) is 4. The first-order valence-corrected chi connectivity index (χ1v) is 6.58. The molecule has 0 fully saturated rings. The molecule has 1 aliphatic heterocycles. The van der Waals surface area contributed by atoms with Gasteiger partial charge >= 0.3 is 0 Å². The van der Waals surface area contributed by atoms with Crippen LogP contribution in [-0.4, -0.2) is 22.1 Å². The van der Waals surface area contributed by atoms with E-state index in [9.17, 15) is 0 Å². The zero-order valence-corrected chi connectivity index (χ0v) is 11.3. The first-order valence-electron chi connectivity index (χ1n) is 6.04. The average molecular weight is 280 g/mol. The fourth-order valence-corrected chi connectivity index (χ4v) is 2.39. The lowest BCUT2D eigenvalue weighted by molar-refractivity contribution is -0.00172. The molecule has 0 amide bonds. The van der Waals surface area contributed by atoms with E-state index in [4.69, 9.17) is 21.1 Å². The molecule has 1 aromatic carbocycles. The molecule has 0 radical (unpaired) electrons. The maximum atomic E-state index is 5.86.